The maximum atomic E-state index is 5.95. The van der Waals surface area contributed by atoms with Crippen molar-refractivity contribution in [2.24, 2.45) is 0 Å². The van der Waals surface area contributed by atoms with Gasteiger partial charge in [0.15, 0.2) is 6.29 Å². The lowest BCUT2D eigenvalue weighted by atomic mass is 10.1. The van der Waals surface area contributed by atoms with Crippen molar-refractivity contribution in [1.82, 2.24) is 0 Å². The minimum Gasteiger partial charge on any atom is -0.488 e. The van der Waals surface area contributed by atoms with Gasteiger partial charge >= 0.3 is 0 Å². The second-order valence-electron chi connectivity index (χ2n) is 4.96. The third kappa shape index (κ3) is 3.47. The average molecular weight is 264 g/mol. The van der Waals surface area contributed by atoms with Crippen molar-refractivity contribution in [1.29, 1.82) is 0 Å². The SMILES string of the molecule is c1cc(OC2CCCOC2)cc(C2OCCCO2)c1. The highest BCUT2D eigenvalue weighted by Crippen LogP contribution is 2.26. The minimum absolute atomic E-state index is 0.164. The molecule has 2 saturated heterocycles. The molecule has 4 nitrogen and oxygen atoms in total. The highest BCUT2D eigenvalue weighted by molar-refractivity contribution is 5.29. The van der Waals surface area contributed by atoms with Gasteiger partial charge in [0.1, 0.15) is 11.9 Å². The smallest absolute Gasteiger partial charge is 0.183 e. The van der Waals surface area contributed by atoms with E-state index >= 15 is 0 Å². The van der Waals surface area contributed by atoms with Crippen molar-refractivity contribution in [2.45, 2.75) is 31.7 Å². The van der Waals surface area contributed by atoms with Gasteiger partial charge in [0.2, 0.25) is 0 Å². The largest absolute Gasteiger partial charge is 0.488 e. The molecule has 0 saturated carbocycles. The van der Waals surface area contributed by atoms with Crippen LogP contribution < -0.4 is 4.74 Å². The van der Waals surface area contributed by atoms with Gasteiger partial charge in [-0.05, 0) is 31.4 Å². The summed E-state index contributed by atoms with van der Waals surface area (Å²) in [6, 6.07) is 7.97. The molecule has 3 rings (SSSR count). The van der Waals surface area contributed by atoms with Crippen molar-refractivity contribution in [3.8, 4) is 5.75 Å². The van der Waals surface area contributed by atoms with Crippen molar-refractivity contribution in [3.63, 3.8) is 0 Å². The van der Waals surface area contributed by atoms with Crippen molar-refractivity contribution in [2.75, 3.05) is 26.4 Å². The molecule has 104 valence electrons. The van der Waals surface area contributed by atoms with Crippen LogP contribution >= 0.6 is 0 Å². The van der Waals surface area contributed by atoms with Gasteiger partial charge in [0, 0.05) is 12.2 Å². The predicted molar refractivity (Wildman–Crippen MR) is 70.2 cm³/mol. The van der Waals surface area contributed by atoms with Crippen LogP contribution in [0, 0.1) is 0 Å². The van der Waals surface area contributed by atoms with Gasteiger partial charge in [0.25, 0.3) is 0 Å². The van der Waals surface area contributed by atoms with Crippen molar-refractivity contribution in [3.05, 3.63) is 29.8 Å². The molecule has 0 aliphatic carbocycles. The summed E-state index contributed by atoms with van der Waals surface area (Å²) in [6.07, 6.45) is 3.00. The van der Waals surface area contributed by atoms with Crippen LogP contribution in [0.3, 0.4) is 0 Å². The van der Waals surface area contributed by atoms with Crippen LogP contribution in [0.5, 0.6) is 5.75 Å². The lowest BCUT2D eigenvalue weighted by molar-refractivity contribution is -0.183. The standard InChI is InChI=1S/C15H20O4/c1-4-12(15-17-8-3-9-18-15)10-13(5-1)19-14-6-2-7-16-11-14/h1,4-5,10,14-15H,2-3,6-9,11H2. The Bertz CT molecular complexity index is 395. The first-order chi connectivity index (χ1) is 9.42. The molecule has 1 aromatic carbocycles. The molecule has 2 aliphatic rings. The molecule has 1 aromatic rings. The van der Waals surface area contributed by atoms with Gasteiger partial charge in [-0.15, -0.1) is 0 Å². The van der Waals surface area contributed by atoms with E-state index in [1.165, 1.54) is 0 Å². The van der Waals surface area contributed by atoms with E-state index in [0.717, 1.165) is 50.4 Å². The van der Waals surface area contributed by atoms with E-state index in [9.17, 15) is 0 Å². The van der Waals surface area contributed by atoms with Gasteiger partial charge in [0.05, 0.1) is 19.8 Å². The van der Waals surface area contributed by atoms with Crippen LogP contribution in [-0.2, 0) is 14.2 Å². The second-order valence-corrected chi connectivity index (χ2v) is 4.96. The molecule has 2 fully saturated rings. The monoisotopic (exact) mass is 264 g/mol. The summed E-state index contributed by atoms with van der Waals surface area (Å²) >= 11 is 0. The van der Waals surface area contributed by atoms with E-state index in [1.807, 2.05) is 24.3 Å². The molecule has 0 bridgehead atoms. The maximum Gasteiger partial charge on any atom is 0.183 e. The van der Waals surface area contributed by atoms with Crippen molar-refractivity contribution >= 4 is 0 Å². The summed E-state index contributed by atoms with van der Waals surface area (Å²) in [5.74, 6) is 0.866. The number of rotatable bonds is 3. The molecular formula is C15H20O4. The Morgan fingerprint density at radius 1 is 1.05 bits per heavy atom. The van der Waals surface area contributed by atoms with Gasteiger partial charge in [-0.3, -0.25) is 0 Å². The first-order valence-corrected chi connectivity index (χ1v) is 6.99. The fourth-order valence-corrected chi connectivity index (χ4v) is 2.41. The molecule has 1 atom stereocenters. The second kappa shape index (κ2) is 6.37. The third-order valence-corrected chi connectivity index (χ3v) is 3.38. The molecular weight excluding hydrogens is 244 g/mol. The molecule has 4 heteroatoms. The summed E-state index contributed by atoms with van der Waals surface area (Å²) in [6.45, 7) is 3.04. The third-order valence-electron chi connectivity index (χ3n) is 3.38. The van der Waals surface area contributed by atoms with Gasteiger partial charge < -0.3 is 18.9 Å². The maximum absolute atomic E-state index is 5.95. The summed E-state index contributed by atoms with van der Waals surface area (Å²) in [5.41, 5.74) is 1.02. The van der Waals surface area contributed by atoms with Crippen LogP contribution in [0.1, 0.15) is 31.1 Å². The molecule has 1 unspecified atom stereocenters. The van der Waals surface area contributed by atoms with Crippen LogP contribution in [0.15, 0.2) is 24.3 Å². The first-order valence-electron chi connectivity index (χ1n) is 6.99. The Kier molecular flexibility index (Phi) is 4.33. The van der Waals surface area contributed by atoms with Crippen LogP contribution in [0.2, 0.25) is 0 Å². The van der Waals surface area contributed by atoms with Gasteiger partial charge in [-0.1, -0.05) is 12.1 Å². The Labute approximate surface area is 113 Å². The van der Waals surface area contributed by atoms with E-state index < -0.39 is 0 Å². The van der Waals surface area contributed by atoms with Crippen molar-refractivity contribution < 1.29 is 18.9 Å². The molecule has 19 heavy (non-hydrogen) atoms. The molecule has 2 aliphatic heterocycles. The lowest BCUT2D eigenvalue weighted by Crippen LogP contribution is -2.28. The molecule has 0 spiro atoms. The van der Waals surface area contributed by atoms with Crippen LogP contribution in [0.25, 0.3) is 0 Å². The predicted octanol–water partition coefficient (Wildman–Crippen LogP) is 2.68. The zero-order valence-electron chi connectivity index (χ0n) is 11.0. The normalized spacial score (nSPS) is 25.2. The Balaban J connectivity index is 1.64. The Morgan fingerprint density at radius 2 is 1.95 bits per heavy atom. The molecule has 2 heterocycles. The van der Waals surface area contributed by atoms with Gasteiger partial charge in [-0.2, -0.15) is 0 Å². The number of hydrogen-bond acceptors (Lipinski definition) is 4. The molecule has 0 radical (unpaired) electrons. The van der Waals surface area contributed by atoms with E-state index in [4.69, 9.17) is 18.9 Å². The summed E-state index contributed by atoms with van der Waals surface area (Å²) in [4.78, 5) is 0. The summed E-state index contributed by atoms with van der Waals surface area (Å²) in [7, 11) is 0. The number of hydrogen-bond donors (Lipinski definition) is 0. The molecule has 0 amide bonds. The van der Waals surface area contributed by atoms with Gasteiger partial charge in [-0.25, -0.2) is 0 Å². The fourth-order valence-electron chi connectivity index (χ4n) is 2.41. The zero-order chi connectivity index (χ0) is 12.9. The van der Waals surface area contributed by atoms with E-state index in [1.54, 1.807) is 0 Å². The minimum atomic E-state index is -0.250. The number of ether oxygens (including phenoxy) is 4. The Hall–Kier alpha value is -1.10. The number of benzene rings is 1. The lowest BCUT2D eigenvalue weighted by Gasteiger charge is -2.25. The first kappa shape index (κ1) is 12.9. The van der Waals surface area contributed by atoms with Crippen LogP contribution in [-0.4, -0.2) is 32.5 Å². The molecule has 0 aromatic heterocycles. The van der Waals surface area contributed by atoms with E-state index in [0.29, 0.717) is 6.61 Å². The zero-order valence-corrected chi connectivity index (χ0v) is 11.0. The quantitative estimate of drug-likeness (QED) is 0.841. The highest BCUT2D eigenvalue weighted by atomic mass is 16.7. The van der Waals surface area contributed by atoms with Crippen LogP contribution in [0.4, 0.5) is 0 Å². The molecule has 0 N–H and O–H groups in total. The van der Waals surface area contributed by atoms with E-state index in [-0.39, 0.29) is 12.4 Å². The highest BCUT2D eigenvalue weighted by Gasteiger charge is 2.19. The topological polar surface area (TPSA) is 36.9 Å². The Morgan fingerprint density at radius 3 is 2.74 bits per heavy atom. The summed E-state index contributed by atoms with van der Waals surface area (Å²) < 4.78 is 22.6. The van der Waals surface area contributed by atoms with E-state index in [2.05, 4.69) is 0 Å². The average Bonchev–Trinajstić information content (AvgIpc) is 2.49. The fraction of sp³-hybridized carbons (Fsp3) is 0.600. The summed E-state index contributed by atoms with van der Waals surface area (Å²) in [5, 5.41) is 0.